The van der Waals surface area contributed by atoms with Crippen LogP contribution >= 0.6 is 0 Å². The van der Waals surface area contributed by atoms with Gasteiger partial charge in [0.15, 0.2) is 0 Å². The van der Waals surface area contributed by atoms with E-state index in [0.29, 0.717) is 32.4 Å². The van der Waals surface area contributed by atoms with Crippen LogP contribution in [-0.4, -0.2) is 44.6 Å². The summed E-state index contributed by atoms with van der Waals surface area (Å²) in [7, 11) is -1.65. The Kier molecular flexibility index (Phi) is 8.92. The number of ether oxygens (including phenoxy) is 1. The molecule has 2 aromatic carbocycles. The summed E-state index contributed by atoms with van der Waals surface area (Å²) < 4.78 is 32.4. The zero-order chi connectivity index (χ0) is 23.8. The molecule has 1 N–H and O–H groups in total. The summed E-state index contributed by atoms with van der Waals surface area (Å²) in [4.78, 5) is 12.9. The van der Waals surface area contributed by atoms with E-state index in [9.17, 15) is 13.2 Å². The Labute approximate surface area is 198 Å². The fourth-order valence-corrected chi connectivity index (χ4v) is 5.99. The minimum atomic E-state index is -3.29. The molecular formula is C26H36N2O4S. The van der Waals surface area contributed by atoms with E-state index in [2.05, 4.69) is 18.3 Å². The maximum Gasteiger partial charge on any atom is 0.223 e. The Morgan fingerprint density at radius 1 is 1.15 bits per heavy atom. The van der Waals surface area contributed by atoms with Crippen molar-refractivity contribution in [1.29, 1.82) is 0 Å². The number of nitrogens with zero attached hydrogens (tertiary/aromatic N) is 1. The van der Waals surface area contributed by atoms with Crippen LogP contribution in [0, 0.1) is 12.8 Å². The minimum absolute atomic E-state index is 0.0106. The molecule has 1 heterocycles. The lowest BCUT2D eigenvalue weighted by molar-refractivity contribution is -0.126. The molecular weight excluding hydrogens is 436 g/mol. The maximum absolute atomic E-state index is 12.9. The summed E-state index contributed by atoms with van der Waals surface area (Å²) in [6, 6.07) is 15.9. The second-order valence-electron chi connectivity index (χ2n) is 8.78. The number of rotatable bonds is 10. The van der Waals surface area contributed by atoms with E-state index in [-0.39, 0.29) is 23.6 Å². The number of sulfonamides is 1. The Balaban J connectivity index is 1.49. The third kappa shape index (κ3) is 6.81. The standard InChI is InChI=1S/C26H36N2O4S/c1-4-24(23-12-13-25(32-3)20(2)19-23)27-26(29)22-14-16-28(17-15-22)33(30,31)18-8-11-21-9-6-5-7-10-21/h5-7,9-10,12-13,19,22,24H,4,8,11,14-18H2,1-3H3,(H,27,29)/t24-/m0/s1. The Hall–Kier alpha value is -2.38. The van der Waals surface area contributed by atoms with Crippen LogP contribution in [0.25, 0.3) is 0 Å². The first-order valence-electron chi connectivity index (χ1n) is 11.8. The van der Waals surface area contributed by atoms with Crippen molar-refractivity contribution in [2.45, 2.75) is 52.0 Å². The topological polar surface area (TPSA) is 75.7 Å². The van der Waals surface area contributed by atoms with Crippen molar-refractivity contribution in [3.05, 3.63) is 65.2 Å². The van der Waals surface area contributed by atoms with Crippen molar-refractivity contribution in [2.24, 2.45) is 5.92 Å². The zero-order valence-electron chi connectivity index (χ0n) is 19.9. The molecule has 7 heteroatoms. The molecule has 1 atom stereocenters. The molecule has 1 aliphatic heterocycles. The second kappa shape index (κ2) is 11.7. The van der Waals surface area contributed by atoms with Crippen LogP contribution in [0.3, 0.4) is 0 Å². The van der Waals surface area contributed by atoms with Gasteiger partial charge in [-0.25, -0.2) is 12.7 Å². The molecule has 0 aromatic heterocycles. The number of benzene rings is 2. The molecule has 0 bridgehead atoms. The minimum Gasteiger partial charge on any atom is -0.496 e. The van der Waals surface area contributed by atoms with Gasteiger partial charge in [0.05, 0.1) is 18.9 Å². The van der Waals surface area contributed by atoms with Gasteiger partial charge in [0, 0.05) is 19.0 Å². The van der Waals surface area contributed by atoms with Gasteiger partial charge in [0.2, 0.25) is 15.9 Å². The predicted molar refractivity (Wildman–Crippen MR) is 132 cm³/mol. The van der Waals surface area contributed by atoms with Crippen molar-refractivity contribution >= 4 is 15.9 Å². The summed E-state index contributed by atoms with van der Waals surface area (Å²) in [5.74, 6) is 0.830. The summed E-state index contributed by atoms with van der Waals surface area (Å²) in [6.07, 6.45) is 3.25. The third-order valence-electron chi connectivity index (χ3n) is 6.47. The van der Waals surface area contributed by atoms with Crippen molar-refractivity contribution in [3.63, 3.8) is 0 Å². The van der Waals surface area contributed by atoms with Crippen LogP contribution in [0.4, 0.5) is 0 Å². The lowest BCUT2D eigenvalue weighted by Gasteiger charge is -2.31. The first-order valence-corrected chi connectivity index (χ1v) is 13.4. The van der Waals surface area contributed by atoms with E-state index < -0.39 is 10.0 Å². The average molecular weight is 473 g/mol. The van der Waals surface area contributed by atoms with Crippen LogP contribution in [0.5, 0.6) is 5.75 Å². The molecule has 0 radical (unpaired) electrons. The molecule has 0 spiro atoms. The highest BCUT2D eigenvalue weighted by Gasteiger charge is 2.31. The maximum atomic E-state index is 12.9. The monoisotopic (exact) mass is 472 g/mol. The van der Waals surface area contributed by atoms with E-state index in [0.717, 1.165) is 35.3 Å². The Bertz CT molecular complexity index is 1020. The number of carbonyl (C=O) groups is 1. The van der Waals surface area contributed by atoms with Crippen LogP contribution < -0.4 is 10.1 Å². The summed E-state index contributed by atoms with van der Waals surface area (Å²) in [5.41, 5.74) is 3.25. The lowest BCUT2D eigenvalue weighted by atomic mass is 9.95. The fourth-order valence-electron chi connectivity index (χ4n) is 4.46. The zero-order valence-corrected chi connectivity index (χ0v) is 20.7. The van der Waals surface area contributed by atoms with Crippen LogP contribution in [0.2, 0.25) is 0 Å². The number of carbonyl (C=O) groups excluding carboxylic acids is 1. The lowest BCUT2D eigenvalue weighted by Crippen LogP contribution is -2.44. The number of aryl methyl sites for hydroxylation is 2. The molecule has 180 valence electrons. The van der Waals surface area contributed by atoms with Crippen molar-refractivity contribution in [3.8, 4) is 5.75 Å². The molecule has 1 aliphatic rings. The van der Waals surface area contributed by atoms with Gasteiger partial charge in [-0.15, -0.1) is 0 Å². The van der Waals surface area contributed by atoms with Gasteiger partial charge in [0.1, 0.15) is 5.75 Å². The number of nitrogens with one attached hydrogen (secondary N) is 1. The molecule has 6 nitrogen and oxygen atoms in total. The Morgan fingerprint density at radius 3 is 2.45 bits per heavy atom. The highest BCUT2D eigenvalue weighted by molar-refractivity contribution is 7.89. The molecule has 0 saturated carbocycles. The molecule has 1 saturated heterocycles. The van der Waals surface area contributed by atoms with E-state index >= 15 is 0 Å². The highest BCUT2D eigenvalue weighted by atomic mass is 32.2. The van der Waals surface area contributed by atoms with Gasteiger partial charge >= 0.3 is 0 Å². The number of piperidine rings is 1. The van der Waals surface area contributed by atoms with Gasteiger partial charge in [-0.1, -0.05) is 49.4 Å². The van der Waals surface area contributed by atoms with Crippen molar-refractivity contribution in [1.82, 2.24) is 9.62 Å². The first-order chi connectivity index (χ1) is 15.8. The van der Waals surface area contributed by atoms with Crippen LogP contribution in [0.15, 0.2) is 48.5 Å². The molecule has 2 aromatic rings. The molecule has 0 aliphatic carbocycles. The van der Waals surface area contributed by atoms with Gasteiger partial charge in [-0.3, -0.25) is 4.79 Å². The predicted octanol–water partition coefficient (Wildman–Crippen LogP) is 4.25. The van der Waals surface area contributed by atoms with Gasteiger partial charge in [-0.05, 0) is 61.8 Å². The fraction of sp³-hybridized carbons (Fsp3) is 0.500. The van der Waals surface area contributed by atoms with E-state index in [1.54, 1.807) is 11.4 Å². The van der Waals surface area contributed by atoms with E-state index in [1.165, 1.54) is 0 Å². The quantitative estimate of drug-likeness (QED) is 0.561. The molecule has 3 rings (SSSR count). The number of methoxy groups -OCH3 is 1. The first kappa shape index (κ1) is 25.2. The van der Waals surface area contributed by atoms with Gasteiger partial charge in [-0.2, -0.15) is 0 Å². The smallest absolute Gasteiger partial charge is 0.223 e. The Morgan fingerprint density at radius 2 is 1.85 bits per heavy atom. The summed E-state index contributed by atoms with van der Waals surface area (Å²) in [5, 5.41) is 3.18. The third-order valence-corrected chi connectivity index (χ3v) is 8.43. The molecule has 1 fully saturated rings. The SMILES string of the molecule is CC[C@H](NC(=O)C1CCN(S(=O)(=O)CCCc2ccccc2)CC1)c1ccc(OC)c(C)c1. The highest BCUT2D eigenvalue weighted by Crippen LogP contribution is 2.26. The van der Waals surface area contributed by atoms with Gasteiger partial charge < -0.3 is 10.1 Å². The number of hydrogen-bond acceptors (Lipinski definition) is 4. The van der Waals surface area contributed by atoms with E-state index in [4.69, 9.17) is 4.74 Å². The summed E-state index contributed by atoms with van der Waals surface area (Å²) in [6.45, 7) is 4.86. The van der Waals surface area contributed by atoms with Crippen LogP contribution in [-0.2, 0) is 21.2 Å². The van der Waals surface area contributed by atoms with Gasteiger partial charge in [0.25, 0.3) is 0 Å². The van der Waals surface area contributed by atoms with Crippen molar-refractivity contribution in [2.75, 3.05) is 26.0 Å². The van der Waals surface area contributed by atoms with E-state index in [1.807, 2.05) is 49.4 Å². The molecule has 0 unspecified atom stereocenters. The van der Waals surface area contributed by atoms with Crippen molar-refractivity contribution < 1.29 is 17.9 Å². The number of hydrogen-bond donors (Lipinski definition) is 1. The average Bonchev–Trinajstić information content (AvgIpc) is 2.83. The second-order valence-corrected chi connectivity index (χ2v) is 10.9. The summed E-state index contributed by atoms with van der Waals surface area (Å²) >= 11 is 0. The molecule has 1 amide bonds. The largest absolute Gasteiger partial charge is 0.496 e. The molecule has 33 heavy (non-hydrogen) atoms. The number of amides is 1. The van der Waals surface area contributed by atoms with Crippen LogP contribution in [0.1, 0.15) is 55.3 Å². The normalized spacial score (nSPS) is 16.3.